The van der Waals surface area contributed by atoms with Gasteiger partial charge in [-0.2, -0.15) is 0 Å². The van der Waals surface area contributed by atoms with Crippen molar-refractivity contribution in [3.8, 4) is 0 Å². The molecule has 0 fully saturated rings. The SMILES string of the molecule is Cc1cc(=O)oc2cc(NC(=O)Cc3ccc(N=C(N)N)cc3)ccc12. The van der Waals surface area contributed by atoms with E-state index in [2.05, 4.69) is 10.3 Å². The van der Waals surface area contributed by atoms with E-state index >= 15 is 0 Å². The van der Waals surface area contributed by atoms with Gasteiger partial charge in [0, 0.05) is 23.2 Å². The second kappa shape index (κ2) is 7.10. The first-order valence-corrected chi connectivity index (χ1v) is 7.93. The van der Waals surface area contributed by atoms with Gasteiger partial charge in [0.25, 0.3) is 0 Å². The van der Waals surface area contributed by atoms with E-state index in [4.69, 9.17) is 15.9 Å². The monoisotopic (exact) mass is 350 g/mol. The third-order valence-electron chi connectivity index (χ3n) is 3.79. The third-order valence-corrected chi connectivity index (χ3v) is 3.79. The standard InChI is InChI=1S/C19H18N4O3/c1-11-8-18(25)26-16-10-14(6-7-15(11)16)22-17(24)9-12-2-4-13(5-3-12)23-19(20)21/h2-8,10H,9H2,1H3,(H,22,24)(H4,20,21,23). The molecule has 0 bridgehead atoms. The Morgan fingerprint density at radius 1 is 1.12 bits per heavy atom. The van der Waals surface area contributed by atoms with Crippen LogP contribution >= 0.6 is 0 Å². The van der Waals surface area contributed by atoms with Gasteiger partial charge in [-0.25, -0.2) is 9.79 Å². The Bertz CT molecular complexity index is 1050. The van der Waals surface area contributed by atoms with E-state index < -0.39 is 5.63 Å². The number of aryl methyl sites for hydroxylation is 1. The molecule has 0 radical (unpaired) electrons. The van der Waals surface area contributed by atoms with Crippen LogP contribution < -0.4 is 22.4 Å². The van der Waals surface area contributed by atoms with Gasteiger partial charge in [0.1, 0.15) is 5.58 Å². The van der Waals surface area contributed by atoms with Crippen molar-refractivity contribution in [1.29, 1.82) is 0 Å². The molecule has 5 N–H and O–H groups in total. The van der Waals surface area contributed by atoms with Crippen molar-refractivity contribution in [3.63, 3.8) is 0 Å². The van der Waals surface area contributed by atoms with E-state index in [1.54, 1.807) is 36.4 Å². The van der Waals surface area contributed by atoms with Crippen LogP contribution in [0.4, 0.5) is 11.4 Å². The highest BCUT2D eigenvalue weighted by atomic mass is 16.4. The lowest BCUT2D eigenvalue weighted by molar-refractivity contribution is -0.115. The van der Waals surface area contributed by atoms with Gasteiger partial charge in [-0.05, 0) is 42.3 Å². The van der Waals surface area contributed by atoms with Crippen molar-refractivity contribution < 1.29 is 9.21 Å². The Morgan fingerprint density at radius 3 is 2.54 bits per heavy atom. The van der Waals surface area contributed by atoms with Gasteiger partial charge in [0.2, 0.25) is 5.91 Å². The molecule has 7 nitrogen and oxygen atoms in total. The fourth-order valence-electron chi connectivity index (χ4n) is 2.63. The maximum absolute atomic E-state index is 12.2. The Hall–Kier alpha value is -3.61. The van der Waals surface area contributed by atoms with Crippen molar-refractivity contribution in [2.75, 3.05) is 5.32 Å². The van der Waals surface area contributed by atoms with Crippen LogP contribution in [-0.4, -0.2) is 11.9 Å². The highest BCUT2D eigenvalue weighted by Crippen LogP contribution is 2.21. The molecule has 0 atom stereocenters. The van der Waals surface area contributed by atoms with Gasteiger partial charge in [-0.15, -0.1) is 0 Å². The van der Waals surface area contributed by atoms with Gasteiger partial charge in [0.15, 0.2) is 5.96 Å². The Morgan fingerprint density at radius 2 is 1.85 bits per heavy atom. The molecule has 0 aliphatic rings. The zero-order valence-electron chi connectivity index (χ0n) is 14.2. The number of fused-ring (bicyclic) bond motifs is 1. The molecule has 1 amide bonds. The van der Waals surface area contributed by atoms with Crippen molar-refractivity contribution in [3.05, 3.63) is 70.1 Å². The summed E-state index contributed by atoms with van der Waals surface area (Å²) in [5.41, 5.74) is 13.5. The Kier molecular flexibility index (Phi) is 4.70. The number of nitrogens with two attached hydrogens (primary N) is 2. The van der Waals surface area contributed by atoms with Crippen LogP contribution in [0.2, 0.25) is 0 Å². The van der Waals surface area contributed by atoms with Crippen molar-refractivity contribution >= 4 is 34.2 Å². The molecule has 1 heterocycles. The van der Waals surface area contributed by atoms with E-state index in [1.165, 1.54) is 6.07 Å². The first-order chi connectivity index (χ1) is 12.4. The predicted molar refractivity (Wildman–Crippen MR) is 101 cm³/mol. The smallest absolute Gasteiger partial charge is 0.336 e. The molecule has 1 aromatic heterocycles. The molecule has 3 aromatic rings. The summed E-state index contributed by atoms with van der Waals surface area (Å²) in [6.07, 6.45) is 0.192. The lowest BCUT2D eigenvalue weighted by Gasteiger charge is -2.07. The summed E-state index contributed by atoms with van der Waals surface area (Å²) in [6, 6.07) is 13.7. The molecule has 0 saturated carbocycles. The topological polar surface area (TPSA) is 124 Å². The molecule has 7 heteroatoms. The minimum Gasteiger partial charge on any atom is -0.423 e. The number of hydrogen-bond donors (Lipinski definition) is 3. The third kappa shape index (κ3) is 4.07. The number of rotatable bonds is 4. The summed E-state index contributed by atoms with van der Waals surface area (Å²) in [6.45, 7) is 1.84. The number of carbonyl (C=O) groups excluding carboxylic acids is 1. The van der Waals surface area contributed by atoms with Gasteiger partial charge in [-0.1, -0.05) is 12.1 Å². The molecule has 26 heavy (non-hydrogen) atoms. The average Bonchev–Trinajstić information content (AvgIpc) is 2.55. The predicted octanol–water partition coefficient (Wildman–Crippen LogP) is 2.19. The molecule has 0 saturated heterocycles. The molecule has 3 rings (SSSR count). The largest absolute Gasteiger partial charge is 0.423 e. The Balaban J connectivity index is 1.72. The molecular weight excluding hydrogens is 332 g/mol. The maximum Gasteiger partial charge on any atom is 0.336 e. The molecule has 0 aliphatic heterocycles. The summed E-state index contributed by atoms with van der Waals surface area (Å²) in [4.78, 5) is 27.7. The van der Waals surface area contributed by atoms with Crippen molar-refractivity contribution in [2.24, 2.45) is 16.5 Å². The first-order valence-electron chi connectivity index (χ1n) is 7.93. The zero-order chi connectivity index (χ0) is 18.7. The quantitative estimate of drug-likeness (QED) is 0.378. The highest BCUT2D eigenvalue weighted by molar-refractivity contribution is 5.94. The lowest BCUT2D eigenvalue weighted by Crippen LogP contribution is -2.21. The van der Waals surface area contributed by atoms with Crippen LogP contribution in [0.5, 0.6) is 0 Å². The number of carbonyl (C=O) groups is 1. The molecule has 0 spiro atoms. The molecule has 132 valence electrons. The number of guanidine groups is 1. The van der Waals surface area contributed by atoms with Gasteiger partial charge < -0.3 is 21.2 Å². The minimum atomic E-state index is -0.417. The maximum atomic E-state index is 12.2. The van der Waals surface area contributed by atoms with Crippen LogP contribution in [0.25, 0.3) is 11.0 Å². The second-order valence-electron chi connectivity index (χ2n) is 5.89. The molecule has 0 aliphatic carbocycles. The van der Waals surface area contributed by atoms with Crippen LogP contribution in [0, 0.1) is 6.92 Å². The summed E-state index contributed by atoms with van der Waals surface area (Å²) < 4.78 is 5.19. The Labute approximate surface area is 149 Å². The van der Waals surface area contributed by atoms with E-state index in [0.717, 1.165) is 16.5 Å². The number of aliphatic imine (C=N–C) groups is 1. The second-order valence-corrected chi connectivity index (χ2v) is 5.89. The van der Waals surface area contributed by atoms with Gasteiger partial charge in [-0.3, -0.25) is 4.79 Å². The zero-order valence-corrected chi connectivity index (χ0v) is 14.2. The number of nitrogens with one attached hydrogen (secondary N) is 1. The number of hydrogen-bond acceptors (Lipinski definition) is 4. The number of nitrogens with zero attached hydrogens (tertiary/aromatic N) is 1. The summed E-state index contributed by atoms with van der Waals surface area (Å²) in [5, 5.41) is 3.63. The number of benzene rings is 2. The molecule has 0 unspecified atom stereocenters. The molecular formula is C19H18N4O3. The normalized spacial score (nSPS) is 10.5. The van der Waals surface area contributed by atoms with E-state index in [0.29, 0.717) is 17.0 Å². The van der Waals surface area contributed by atoms with Gasteiger partial charge in [0.05, 0.1) is 12.1 Å². The van der Waals surface area contributed by atoms with E-state index in [9.17, 15) is 9.59 Å². The number of anilines is 1. The first kappa shape index (κ1) is 17.2. The van der Waals surface area contributed by atoms with E-state index in [-0.39, 0.29) is 18.3 Å². The van der Waals surface area contributed by atoms with Crippen LogP contribution in [0.15, 0.2) is 62.7 Å². The van der Waals surface area contributed by atoms with Gasteiger partial charge >= 0.3 is 5.63 Å². The fraction of sp³-hybridized carbons (Fsp3) is 0.105. The van der Waals surface area contributed by atoms with E-state index in [1.807, 2.05) is 13.0 Å². The highest BCUT2D eigenvalue weighted by Gasteiger charge is 2.07. The minimum absolute atomic E-state index is 0.0197. The van der Waals surface area contributed by atoms with Crippen LogP contribution in [0.1, 0.15) is 11.1 Å². The average molecular weight is 350 g/mol. The van der Waals surface area contributed by atoms with Crippen molar-refractivity contribution in [1.82, 2.24) is 0 Å². The number of amides is 1. The van der Waals surface area contributed by atoms with Crippen LogP contribution in [0.3, 0.4) is 0 Å². The summed E-state index contributed by atoms with van der Waals surface area (Å²) in [5.74, 6) is -0.206. The van der Waals surface area contributed by atoms with Crippen LogP contribution in [-0.2, 0) is 11.2 Å². The molecule has 2 aromatic carbocycles. The van der Waals surface area contributed by atoms with Crippen molar-refractivity contribution in [2.45, 2.75) is 13.3 Å². The fourth-order valence-corrected chi connectivity index (χ4v) is 2.63. The summed E-state index contributed by atoms with van der Waals surface area (Å²) in [7, 11) is 0. The lowest BCUT2D eigenvalue weighted by atomic mass is 10.1. The summed E-state index contributed by atoms with van der Waals surface area (Å²) >= 11 is 0.